The molecule has 2 heterocycles. The molecule has 0 aliphatic heterocycles. The number of benzene rings is 9. The highest BCUT2D eigenvalue weighted by molar-refractivity contribution is 6.24. The van der Waals surface area contributed by atoms with E-state index in [9.17, 15) is 0 Å². The second kappa shape index (κ2) is 11.5. The first-order chi connectivity index (χ1) is 27.5. The molecule has 0 saturated carbocycles. The summed E-state index contributed by atoms with van der Waals surface area (Å²) in [6.45, 7) is 4.69. The Labute approximate surface area is 323 Å². The minimum absolute atomic E-state index is 0.145. The van der Waals surface area contributed by atoms with Crippen LogP contribution in [0, 0.1) is 0 Å². The van der Waals surface area contributed by atoms with E-state index in [2.05, 4.69) is 189 Å². The van der Waals surface area contributed by atoms with Gasteiger partial charge in [0.2, 0.25) is 0 Å². The summed E-state index contributed by atoms with van der Waals surface area (Å²) in [4.78, 5) is 2.38. The van der Waals surface area contributed by atoms with Crippen LogP contribution >= 0.6 is 0 Å². The second-order valence-corrected chi connectivity index (χ2v) is 15.7. The highest BCUT2D eigenvalue weighted by Crippen LogP contribution is 2.52. The van der Waals surface area contributed by atoms with Gasteiger partial charge in [-0.05, 0) is 97.9 Å². The molecule has 1 aliphatic carbocycles. The van der Waals surface area contributed by atoms with E-state index >= 15 is 0 Å². The van der Waals surface area contributed by atoms with E-state index in [-0.39, 0.29) is 5.41 Å². The van der Waals surface area contributed by atoms with Crippen molar-refractivity contribution in [2.24, 2.45) is 0 Å². The second-order valence-electron chi connectivity index (χ2n) is 15.7. The van der Waals surface area contributed by atoms with Gasteiger partial charge in [0.15, 0.2) is 5.58 Å². The van der Waals surface area contributed by atoms with Crippen molar-refractivity contribution in [1.29, 1.82) is 0 Å². The van der Waals surface area contributed by atoms with E-state index in [0.29, 0.717) is 0 Å². The third kappa shape index (κ3) is 4.40. The molecule has 0 unspecified atom stereocenters. The lowest BCUT2D eigenvalue weighted by Gasteiger charge is -2.28. The van der Waals surface area contributed by atoms with Gasteiger partial charge >= 0.3 is 0 Å². The summed E-state index contributed by atoms with van der Waals surface area (Å²) in [5, 5.41) is 9.00. The van der Waals surface area contributed by atoms with Crippen LogP contribution in [0.1, 0.15) is 25.0 Å². The molecular weight excluding hydrogens is 683 g/mol. The van der Waals surface area contributed by atoms with Crippen LogP contribution in [0.15, 0.2) is 185 Å². The molecule has 0 spiro atoms. The third-order valence-corrected chi connectivity index (χ3v) is 12.2. The van der Waals surface area contributed by atoms with Gasteiger partial charge in [0.25, 0.3) is 0 Å². The standard InChI is InChI=1S/C53H35NO2/c1-53(2)44-19-9-7-16-39(44)40-27-26-38(30-45(40)53)54(37-25-24-33-13-4-6-15-35(33)29-37)46-20-11-18-41-43-31-48-50(42-17-8-10-21-47(42)55-48)49(52(43)56-51(41)46)36-23-22-32-12-3-5-14-34(32)28-36/h3-31H,1-2H3. The molecule has 0 radical (unpaired) electrons. The molecule has 0 N–H and O–H groups in total. The smallest absolute Gasteiger partial charge is 0.159 e. The average molecular weight is 718 g/mol. The predicted molar refractivity (Wildman–Crippen MR) is 234 cm³/mol. The Bertz CT molecular complexity index is 3420. The van der Waals surface area contributed by atoms with Gasteiger partial charge in [0, 0.05) is 43.9 Å². The summed E-state index contributed by atoms with van der Waals surface area (Å²) in [7, 11) is 0. The van der Waals surface area contributed by atoms with Gasteiger partial charge in [0.1, 0.15) is 16.7 Å². The maximum absolute atomic E-state index is 7.32. The highest BCUT2D eigenvalue weighted by atomic mass is 16.3. The van der Waals surface area contributed by atoms with Crippen LogP contribution in [0.4, 0.5) is 17.1 Å². The number of hydrogen-bond acceptors (Lipinski definition) is 3. The Balaban J connectivity index is 1.16. The molecule has 1 aliphatic rings. The Morgan fingerprint density at radius 2 is 1.09 bits per heavy atom. The van der Waals surface area contributed by atoms with E-state index in [0.717, 1.165) is 72.1 Å². The molecule has 0 amide bonds. The molecule has 0 saturated heterocycles. The zero-order chi connectivity index (χ0) is 37.1. The van der Waals surface area contributed by atoms with Crippen molar-refractivity contribution in [3.63, 3.8) is 0 Å². The van der Waals surface area contributed by atoms with Gasteiger partial charge in [-0.3, -0.25) is 0 Å². The average Bonchev–Trinajstić information content (AvgIpc) is 3.88. The van der Waals surface area contributed by atoms with Crippen molar-refractivity contribution in [2.45, 2.75) is 19.3 Å². The summed E-state index contributed by atoms with van der Waals surface area (Å²) >= 11 is 0. The summed E-state index contributed by atoms with van der Waals surface area (Å²) in [5.41, 5.74) is 13.8. The van der Waals surface area contributed by atoms with E-state index in [1.54, 1.807) is 0 Å². The Kier molecular flexibility index (Phi) is 6.40. The van der Waals surface area contributed by atoms with Crippen molar-refractivity contribution in [2.75, 3.05) is 4.90 Å². The lowest BCUT2D eigenvalue weighted by molar-refractivity contribution is 0.660. The number of nitrogens with zero attached hydrogens (tertiary/aromatic N) is 1. The molecule has 56 heavy (non-hydrogen) atoms. The zero-order valence-electron chi connectivity index (χ0n) is 31.0. The minimum atomic E-state index is -0.145. The molecule has 0 bridgehead atoms. The van der Waals surface area contributed by atoms with Gasteiger partial charge < -0.3 is 13.7 Å². The summed E-state index contributed by atoms with van der Waals surface area (Å²) < 4.78 is 13.9. The van der Waals surface area contributed by atoms with Gasteiger partial charge in [-0.15, -0.1) is 0 Å². The maximum Gasteiger partial charge on any atom is 0.159 e. The van der Waals surface area contributed by atoms with Crippen LogP contribution in [0.5, 0.6) is 0 Å². The number of para-hydroxylation sites is 2. The molecular formula is C53H35NO2. The summed E-state index contributed by atoms with van der Waals surface area (Å²) in [5.74, 6) is 0. The van der Waals surface area contributed by atoms with Crippen molar-refractivity contribution in [1.82, 2.24) is 0 Å². The Morgan fingerprint density at radius 1 is 0.429 bits per heavy atom. The third-order valence-electron chi connectivity index (χ3n) is 12.2. The van der Waals surface area contributed by atoms with E-state index in [1.165, 1.54) is 43.8 Å². The minimum Gasteiger partial charge on any atom is -0.456 e. The van der Waals surface area contributed by atoms with Crippen molar-refractivity contribution in [3.05, 3.63) is 187 Å². The fourth-order valence-corrected chi connectivity index (χ4v) is 9.49. The predicted octanol–water partition coefficient (Wildman–Crippen LogP) is 15.2. The van der Waals surface area contributed by atoms with E-state index in [1.807, 2.05) is 6.07 Å². The maximum atomic E-state index is 7.32. The van der Waals surface area contributed by atoms with Crippen molar-refractivity contribution in [3.8, 4) is 22.3 Å². The van der Waals surface area contributed by atoms with Crippen LogP contribution in [0.25, 0.3) is 87.7 Å². The fourth-order valence-electron chi connectivity index (χ4n) is 9.49. The van der Waals surface area contributed by atoms with Crippen molar-refractivity contribution < 1.29 is 8.83 Å². The van der Waals surface area contributed by atoms with E-state index in [4.69, 9.17) is 8.83 Å². The molecule has 264 valence electrons. The van der Waals surface area contributed by atoms with Crippen LogP contribution in [0.3, 0.4) is 0 Å². The SMILES string of the molecule is CC1(C)c2ccccc2-c2ccc(N(c3ccc4ccccc4c3)c3cccc4c3oc3c(-c5ccc6ccccc6c5)c5c(cc34)oc3ccccc35)cc21. The molecule has 3 heteroatoms. The van der Waals surface area contributed by atoms with Gasteiger partial charge in [0.05, 0.1) is 5.69 Å². The zero-order valence-corrected chi connectivity index (χ0v) is 31.0. The topological polar surface area (TPSA) is 29.5 Å². The van der Waals surface area contributed by atoms with Gasteiger partial charge in [-0.2, -0.15) is 0 Å². The fraction of sp³-hybridized carbons (Fsp3) is 0.0566. The van der Waals surface area contributed by atoms with Crippen molar-refractivity contribution >= 4 is 82.5 Å². The number of furan rings is 2. The van der Waals surface area contributed by atoms with Crippen LogP contribution in [-0.2, 0) is 5.41 Å². The quantitative estimate of drug-likeness (QED) is 0.182. The molecule has 9 aromatic carbocycles. The molecule has 3 nitrogen and oxygen atoms in total. The van der Waals surface area contributed by atoms with E-state index < -0.39 is 0 Å². The number of anilines is 3. The first-order valence-corrected chi connectivity index (χ1v) is 19.3. The Morgan fingerprint density at radius 3 is 1.95 bits per heavy atom. The number of rotatable bonds is 4. The molecule has 0 atom stereocenters. The number of fused-ring (bicyclic) bond motifs is 11. The highest BCUT2D eigenvalue weighted by Gasteiger charge is 2.36. The largest absolute Gasteiger partial charge is 0.456 e. The molecule has 11 aromatic rings. The van der Waals surface area contributed by atoms with Gasteiger partial charge in [-0.1, -0.05) is 141 Å². The summed E-state index contributed by atoms with van der Waals surface area (Å²) in [6.07, 6.45) is 0. The Hall–Kier alpha value is -7.10. The molecule has 2 aromatic heterocycles. The summed E-state index contributed by atoms with van der Waals surface area (Å²) in [6, 6.07) is 63.4. The van der Waals surface area contributed by atoms with Gasteiger partial charge in [-0.25, -0.2) is 0 Å². The molecule has 12 rings (SSSR count). The monoisotopic (exact) mass is 717 g/mol. The van der Waals surface area contributed by atoms with Crippen LogP contribution < -0.4 is 4.90 Å². The lowest BCUT2D eigenvalue weighted by atomic mass is 9.82. The van der Waals surface area contributed by atoms with Crippen LogP contribution in [-0.4, -0.2) is 0 Å². The molecule has 0 fully saturated rings. The first-order valence-electron chi connectivity index (χ1n) is 19.3. The first kappa shape index (κ1) is 31.3. The normalized spacial score (nSPS) is 13.3. The van der Waals surface area contributed by atoms with Crippen LogP contribution in [0.2, 0.25) is 0 Å². The number of hydrogen-bond donors (Lipinski definition) is 0. The lowest BCUT2D eigenvalue weighted by Crippen LogP contribution is -2.16.